The maximum atomic E-state index is 5.90. The van der Waals surface area contributed by atoms with Gasteiger partial charge in [-0.2, -0.15) is 0 Å². The van der Waals surface area contributed by atoms with E-state index in [1.54, 1.807) is 7.11 Å². The Morgan fingerprint density at radius 1 is 1.13 bits per heavy atom. The van der Waals surface area contributed by atoms with Gasteiger partial charge >= 0.3 is 0 Å². The highest BCUT2D eigenvalue weighted by atomic mass is 127. The molecule has 124 valence electrons. The number of anilines is 1. The number of hydrogen-bond donors (Lipinski definition) is 2. The number of methoxy groups -OCH3 is 1. The van der Waals surface area contributed by atoms with E-state index < -0.39 is 0 Å². The summed E-state index contributed by atoms with van der Waals surface area (Å²) >= 11 is 0. The van der Waals surface area contributed by atoms with E-state index in [0.717, 1.165) is 22.7 Å². The lowest BCUT2D eigenvalue weighted by atomic mass is 10.2. The summed E-state index contributed by atoms with van der Waals surface area (Å²) in [6, 6.07) is 15.3. The highest BCUT2D eigenvalue weighted by molar-refractivity contribution is 14.0. The van der Waals surface area contributed by atoms with Gasteiger partial charge in [-0.25, -0.2) is 4.99 Å². The molecule has 0 spiro atoms. The minimum Gasteiger partial charge on any atom is -0.497 e. The molecule has 0 heterocycles. The molecular weight excluding hydrogens is 405 g/mol. The quantitative estimate of drug-likeness (QED) is 0.420. The van der Waals surface area contributed by atoms with Crippen LogP contribution < -0.4 is 20.5 Å². The van der Waals surface area contributed by atoms with Crippen molar-refractivity contribution in [1.29, 1.82) is 0 Å². The monoisotopic (exact) mass is 427 g/mol. The van der Waals surface area contributed by atoms with Crippen molar-refractivity contribution in [3.05, 3.63) is 54.1 Å². The van der Waals surface area contributed by atoms with Gasteiger partial charge in [-0.3, -0.25) is 0 Å². The summed E-state index contributed by atoms with van der Waals surface area (Å²) in [5.74, 6) is 2.01. The van der Waals surface area contributed by atoms with E-state index >= 15 is 0 Å². The minimum atomic E-state index is 0. The summed E-state index contributed by atoms with van der Waals surface area (Å²) in [5, 5.41) is 3.04. The first kappa shape index (κ1) is 19.1. The van der Waals surface area contributed by atoms with Gasteiger partial charge in [-0.15, -0.1) is 24.0 Å². The molecule has 0 amide bonds. The average Bonchev–Trinajstić information content (AvgIpc) is 2.54. The highest BCUT2D eigenvalue weighted by Crippen LogP contribution is 2.15. The molecule has 6 heteroatoms. The van der Waals surface area contributed by atoms with Gasteiger partial charge in [0.15, 0.2) is 5.96 Å². The number of rotatable bonds is 6. The van der Waals surface area contributed by atoms with E-state index in [1.807, 2.05) is 55.5 Å². The molecule has 0 aliphatic heterocycles. The van der Waals surface area contributed by atoms with Crippen molar-refractivity contribution in [3.8, 4) is 11.5 Å². The normalized spacial score (nSPS) is 10.6. The molecule has 0 saturated carbocycles. The fraction of sp³-hybridized carbons (Fsp3) is 0.235. The molecule has 0 bridgehead atoms. The molecule has 0 aromatic heterocycles. The zero-order chi connectivity index (χ0) is 15.8. The number of ether oxygens (including phenoxy) is 2. The van der Waals surface area contributed by atoms with Gasteiger partial charge in [0.1, 0.15) is 11.5 Å². The molecule has 5 nitrogen and oxygen atoms in total. The van der Waals surface area contributed by atoms with Crippen molar-refractivity contribution >= 4 is 35.6 Å². The summed E-state index contributed by atoms with van der Waals surface area (Å²) in [7, 11) is 1.63. The number of guanidine groups is 1. The standard InChI is InChI=1S/C17H21N3O2.HI/c1-3-22-16-6-4-5-13(11-16)12-19-17(18)20-14-7-9-15(21-2)10-8-14;/h4-11H,3,12H2,1-2H3,(H3,18,19,20);1H. The Morgan fingerprint density at radius 2 is 1.87 bits per heavy atom. The average molecular weight is 427 g/mol. The van der Waals surface area contributed by atoms with Crippen molar-refractivity contribution in [2.45, 2.75) is 13.5 Å². The van der Waals surface area contributed by atoms with Crippen LogP contribution in [0, 0.1) is 0 Å². The maximum Gasteiger partial charge on any atom is 0.193 e. The van der Waals surface area contributed by atoms with E-state index in [9.17, 15) is 0 Å². The summed E-state index contributed by atoms with van der Waals surface area (Å²) < 4.78 is 10.6. The van der Waals surface area contributed by atoms with Crippen LogP contribution in [0.5, 0.6) is 11.5 Å². The second-order valence-electron chi connectivity index (χ2n) is 4.64. The molecule has 3 N–H and O–H groups in total. The molecule has 0 saturated heterocycles. The number of benzene rings is 2. The fourth-order valence-electron chi connectivity index (χ4n) is 1.94. The first-order chi connectivity index (χ1) is 10.7. The van der Waals surface area contributed by atoms with Crippen molar-refractivity contribution in [2.24, 2.45) is 10.7 Å². The number of aliphatic imine (C=N–C) groups is 1. The number of hydrogen-bond acceptors (Lipinski definition) is 3. The molecular formula is C17H22IN3O2. The van der Waals surface area contributed by atoms with Gasteiger partial charge in [0.2, 0.25) is 0 Å². The Balaban J connectivity index is 0.00000264. The van der Waals surface area contributed by atoms with Gasteiger partial charge in [0.05, 0.1) is 20.3 Å². The van der Waals surface area contributed by atoms with Gasteiger partial charge in [0.25, 0.3) is 0 Å². The third kappa shape index (κ3) is 6.35. The minimum absolute atomic E-state index is 0. The van der Waals surface area contributed by atoms with Crippen molar-refractivity contribution in [2.75, 3.05) is 19.0 Å². The SMILES string of the molecule is CCOc1cccc(CN=C(N)Nc2ccc(OC)cc2)c1.I. The largest absolute Gasteiger partial charge is 0.497 e. The predicted octanol–water partition coefficient (Wildman–Crippen LogP) is 3.64. The fourth-order valence-corrected chi connectivity index (χ4v) is 1.94. The lowest BCUT2D eigenvalue weighted by Crippen LogP contribution is -2.22. The van der Waals surface area contributed by atoms with E-state index in [2.05, 4.69) is 10.3 Å². The second kappa shape index (κ2) is 9.94. The van der Waals surface area contributed by atoms with Crippen molar-refractivity contribution < 1.29 is 9.47 Å². The van der Waals surface area contributed by atoms with Crippen LogP contribution in [0.15, 0.2) is 53.5 Å². The third-order valence-corrected chi connectivity index (χ3v) is 3.00. The molecule has 0 atom stereocenters. The first-order valence-corrected chi connectivity index (χ1v) is 7.14. The van der Waals surface area contributed by atoms with Crippen molar-refractivity contribution in [3.63, 3.8) is 0 Å². The summed E-state index contributed by atoms with van der Waals surface area (Å²) in [4.78, 5) is 4.33. The van der Waals surface area contributed by atoms with Crippen LogP contribution in [0.4, 0.5) is 5.69 Å². The molecule has 0 unspecified atom stereocenters. The summed E-state index contributed by atoms with van der Waals surface area (Å²) in [6.45, 7) is 3.10. The van der Waals surface area contributed by atoms with Crippen molar-refractivity contribution in [1.82, 2.24) is 0 Å². The molecule has 2 aromatic rings. The molecule has 2 aromatic carbocycles. The smallest absolute Gasteiger partial charge is 0.193 e. The molecule has 2 rings (SSSR count). The van der Waals surface area contributed by atoms with Crippen LogP contribution in [-0.4, -0.2) is 19.7 Å². The lowest BCUT2D eigenvalue weighted by Gasteiger charge is -2.07. The van der Waals surface area contributed by atoms with Crippen LogP contribution in [0.1, 0.15) is 12.5 Å². The van der Waals surface area contributed by atoms with Crippen LogP contribution in [0.2, 0.25) is 0 Å². The second-order valence-corrected chi connectivity index (χ2v) is 4.64. The van der Waals surface area contributed by atoms with Gasteiger partial charge < -0.3 is 20.5 Å². The van der Waals surface area contributed by atoms with E-state index in [4.69, 9.17) is 15.2 Å². The number of nitrogens with zero attached hydrogens (tertiary/aromatic N) is 1. The number of nitrogens with one attached hydrogen (secondary N) is 1. The van der Waals surface area contributed by atoms with Gasteiger partial charge in [-0.05, 0) is 48.9 Å². The zero-order valence-corrected chi connectivity index (χ0v) is 15.6. The van der Waals surface area contributed by atoms with E-state index in [-0.39, 0.29) is 24.0 Å². The first-order valence-electron chi connectivity index (χ1n) is 7.14. The van der Waals surface area contributed by atoms with Gasteiger partial charge in [0, 0.05) is 5.69 Å². The lowest BCUT2D eigenvalue weighted by molar-refractivity contribution is 0.340. The topological polar surface area (TPSA) is 68.9 Å². The Labute approximate surface area is 153 Å². The molecule has 0 aliphatic rings. The Morgan fingerprint density at radius 3 is 2.52 bits per heavy atom. The molecule has 0 radical (unpaired) electrons. The van der Waals surface area contributed by atoms with Crippen LogP contribution in [0.25, 0.3) is 0 Å². The Kier molecular flexibility index (Phi) is 8.25. The van der Waals surface area contributed by atoms with Gasteiger partial charge in [-0.1, -0.05) is 12.1 Å². The molecule has 0 aliphatic carbocycles. The maximum absolute atomic E-state index is 5.90. The van der Waals surface area contributed by atoms with Crippen LogP contribution in [-0.2, 0) is 6.54 Å². The Bertz CT molecular complexity index is 630. The zero-order valence-electron chi connectivity index (χ0n) is 13.3. The highest BCUT2D eigenvalue weighted by Gasteiger charge is 1.98. The van der Waals surface area contributed by atoms with E-state index in [1.165, 1.54) is 0 Å². The third-order valence-electron chi connectivity index (χ3n) is 3.00. The number of nitrogens with two attached hydrogens (primary N) is 1. The van der Waals surface area contributed by atoms with Crippen LogP contribution >= 0.6 is 24.0 Å². The molecule has 23 heavy (non-hydrogen) atoms. The van der Waals surface area contributed by atoms with Crippen LogP contribution in [0.3, 0.4) is 0 Å². The summed E-state index contributed by atoms with van der Waals surface area (Å²) in [5.41, 5.74) is 7.81. The summed E-state index contributed by atoms with van der Waals surface area (Å²) in [6.07, 6.45) is 0. The number of halogens is 1. The predicted molar refractivity (Wildman–Crippen MR) is 105 cm³/mol. The Hall–Kier alpha value is -1.96. The van der Waals surface area contributed by atoms with E-state index in [0.29, 0.717) is 19.1 Å². The molecule has 0 fully saturated rings.